The zero-order chi connectivity index (χ0) is 21.5. The summed E-state index contributed by atoms with van der Waals surface area (Å²) in [5, 5.41) is 58.6. The highest BCUT2D eigenvalue weighted by Gasteiger charge is 2.51. The maximum Gasteiger partial charge on any atom is 0.330 e. The van der Waals surface area contributed by atoms with Crippen LogP contribution in [-0.2, 0) is 14.2 Å². The third kappa shape index (κ3) is 4.11. The number of aromatic nitrogens is 2. The molecule has 0 amide bonds. The van der Waals surface area contributed by atoms with Gasteiger partial charge >= 0.3 is 5.69 Å². The predicted octanol–water partition coefficient (Wildman–Crippen LogP) is -4.73. The van der Waals surface area contributed by atoms with Gasteiger partial charge in [0.05, 0.1) is 6.61 Å². The Morgan fingerprint density at radius 2 is 1.76 bits per heavy atom. The molecule has 10 atom stereocenters. The Morgan fingerprint density at radius 3 is 2.38 bits per heavy atom. The molecule has 14 heteroatoms. The van der Waals surface area contributed by atoms with E-state index in [1.807, 2.05) is 4.98 Å². The van der Waals surface area contributed by atoms with Crippen molar-refractivity contribution >= 4 is 0 Å². The highest BCUT2D eigenvalue weighted by atomic mass is 19.1. The van der Waals surface area contributed by atoms with Crippen LogP contribution in [0.4, 0.5) is 4.39 Å². The highest BCUT2D eigenvalue weighted by Crippen LogP contribution is 2.33. The molecule has 1 aromatic heterocycles. The summed E-state index contributed by atoms with van der Waals surface area (Å²) in [6.45, 7) is -0.764. The molecule has 0 radical (unpaired) electrons. The first-order valence-corrected chi connectivity index (χ1v) is 8.58. The number of aliphatic hydroxyl groups is 6. The lowest BCUT2D eigenvalue weighted by molar-refractivity contribution is -0.334. The van der Waals surface area contributed by atoms with Crippen molar-refractivity contribution in [1.29, 1.82) is 0 Å². The van der Waals surface area contributed by atoms with Gasteiger partial charge in [-0.1, -0.05) is 0 Å². The summed E-state index contributed by atoms with van der Waals surface area (Å²) >= 11 is 0. The van der Waals surface area contributed by atoms with Gasteiger partial charge in [-0.15, -0.1) is 0 Å². The van der Waals surface area contributed by atoms with E-state index in [4.69, 9.17) is 19.3 Å². The minimum Gasteiger partial charge on any atom is -0.394 e. The molecule has 29 heavy (non-hydrogen) atoms. The van der Waals surface area contributed by atoms with Gasteiger partial charge in [0.15, 0.2) is 12.5 Å². The maximum absolute atomic E-state index is 14.6. The van der Waals surface area contributed by atoms with E-state index < -0.39 is 79.5 Å². The molecule has 0 aliphatic carbocycles. The molecule has 7 N–H and O–H groups in total. The highest BCUT2D eigenvalue weighted by molar-refractivity contribution is 4.95. The molecule has 3 heterocycles. The second-order valence-corrected chi connectivity index (χ2v) is 6.67. The van der Waals surface area contributed by atoms with Gasteiger partial charge in [0.1, 0.15) is 42.7 Å². The summed E-state index contributed by atoms with van der Waals surface area (Å²) < 4.78 is 30.4. The Kier molecular flexibility index (Phi) is 6.47. The van der Waals surface area contributed by atoms with E-state index in [0.29, 0.717) is 0 Å². The van der Waals surface area contributed by atoms with E-state index in [9.17, 15) is 39.5 Å². The van der Waals surface area contributed by atoms with Gasteiger partial charge in [0.25, 0.3) is 5.56 Å². The Labute approximate surface area is 161 Å². The molecule has 13 nitrogen and oxygen atoms in total. The summed E-state index contributed by atoms with van der Waals surface area (Å²) in [7, 11) is 0. The number of alkyl halides is 1. The molecule has 3 rings (SSSR count). The van der Waals surface area contributed by atoms with Crippen molar-refractivity contribution in [3.8, 4) is 0 Å². The number of aromatic amines is 1. The van der Waals surface area contributed by atoms with E-state index in [0.717, 1.165) is 16.8 Å². The molecule has 164 valence electrons. The molecule has 0 aromatic carbocycles. The molecule has 0 saturated carbocycles. The second-order valence-electron chi connectivity index (χ2n) is 6.67. The fourth-order valence-corrected chi connectivity index (χ4v) is 3.14. The van der Waals surface area contributed by atoms with Crippen molar-refractivity contribution in [2.24, 2.45) is 0 Å². The quantitative estimate of drug-likeness (QED) is 0.239. The Balaban J connectivity index is 1.73. The third-order valence-electron chi connectivity index (χ3n) is 4.77. The lowest BCUT2D eigenvalue weighted by Crippen LogP contribution is -2.60. The van der Waals surface area contributed by atoms with Crippen molar-refractivity contribution in [1.82, 2.24) is 9.55 Å². The second kappa shape index (κ2) is 8.55. The van der Waals surface area contributed by atoms with Gasteiger partial charge in [0.2, 0.25) is 6.36 Å². The van der Waals surface area contributed by atoms with Gasteiger partial charge in [0, 0.05) is 12.3 Å². The van der Waals surface area contributed by atoms with Crippen LogP contribution in [0.1, 0.15) is 6.23 Å². The summed E-state index contributed by atoms with van der Waals surface area (Å²) in [5.74, 6) is 0. The molecule has 2 fully saturated rings. The molecule has 2 unspecified atom stereocenters. The van der Waals surface area contributed by atoms with Crippen LogP contribution in [0, 0.1) is 0 Å². The fourth-order valence-electron chi connectivity index (χ4n) is 3.14. The number of ether oxygens (including phenoxy) is 3. The number of halogens is 1. The van der Waals surface area contributed by atoms with E-state index in [1.54, 1.807) is 0 Å². The van der Waals surface area contributed by atoms with Crippen molar-refractivity contribution < 1.29 is 49.2 Å². The van der Waals surface area contributed by atoms with Crippen LogP contribution in [0.15, 0.2) is 21.9 Å². The molecule has 2 saturated heterocycles. The molecule has 1 aromatic rings. The van der Waals surface area contributed by atoms with Gasteiger partial charge < -0.3 is 44.8 Å². The predicted molar refractivity (Wildman–Crippen MR) is 87.0 cm³/mol. The van der Waals surface area contributed by atoms with Gasteiger partial charge in [-0.2, -0.15) is 0 Å². The van der Waals surface area contributed by atoms with E-state index in [-0.39, 0.29) is 0 Å². The molecule has 0 spiro atoms. The van der Waals surface area contributed by atoms with Crippen LogP contribution in [-0.4, -0.2) is 102 Å². The summed E-state index contributed by atoms with van der Waals surface area (Å²) in [6, 6.07) is 0.953. The molecule has 0 bridgehead atoms. The maximum atomic E-state index is 14.6. The SMILES string of the molecule is O=c1ccn([C@@H]2O[C@H](C(F)OC3O[C@H](CO)[C@H](O)[C@H](O)[C@H]3O)[C@@H](O)[C@H]2O)c(=O)[nH]1. The largest absolute Gasteiger partial charge is 0.394 e. The molecular weight excluding hydrogens is 403 g/mol. The number of nitrogens with one attached hydrogen (secondary N) is 1. The van der Waals surface area contributed by atoms with Crippen LogP contribution in [0.2, 0.25) is 0 Å². The first kappa shape index (κ1) is 21.9. The molecule has 2 aliphatic heterocycles. The first-order chi connectivity index (χ1) is 13.6. The number of aliphatic hydroxyl groups excluding tert-OH is 6. The summed E-state index contributed by atoms with van der Waals surface area (Å²) in [4.78, 5) is 24.9. The average molecular weight is 424 g/mol. The van der Waals surface area contributed by atoms with Crippen molar-refractivity contribution in [3.05, 3.63) is 33.1 Å². The van der Waals surface area contributed by atoms with E-state index >= 15 is 0 Å². The smallest absolute Gasteiger partial charge is 0.330 e. The van der Waals surface area contributed by atoms with Crippen LogP contribution < -0.4 is 11.2 Å². The van der Waals surface area contributed by atoms with Crippen LogP contribution in [0.3, 0.4) is 0 Å². The Bertz CT molecular complexity index is 816. The van der Waals surface area contributed by atoms with Crippen molar-refractivity contribution in [2.75, 3.05) is 6.61 Å². The van der Waals surface area contributed by atoms with Crippen molar-refractivity contribution in [3.63, 3.8) is 0 Å². The van der Waals surface area contributed by atoms with E-state index in [1.165, 1.54) is 0 Å². The minimum atomic E-state index is -2.52. The van der Waals surface area contributed by atoms with Gasteiger partial charge in [-0.05, 0) is 0 Å². The third-order valence-corrected chi connectivity index (χ3v) is 4.77. The lowest BCUT2D eigenvalue weighted by Gasteiger charge is -2.40. The lowest BCUT2D eigenvalue weighted by atomic mass is 9.99. The summed E-state index contributed by atoms with van der Waals surface area (Å²) in [6.07, 6.45) is -17.2. The number of H-pyrrole nitrogens is 1. The Hall–Kier alpha value is -1.75. The Morgan fingerprint density at radius 1 is 1.07 bits per heavy atom. The zero-order valence-electron chi connectivity index (χ0n) is 14.7. The topological polar surface area (TPSA) is 204 Å². The van der Waals surface area contributed by atoms with Gasteiger partial charge in [-0.3, -0.25) is 14.3 Å². The zero-order valence-corrected chi connectivity index (χ0v) is 14.7. The number of nitrogens with zero attached hydrogens (tertiary/aromatic N) is 1. The fraction of sp³-hybridized carbons (Fsp3) is 0.733. The van der Waals surface area contributed by atoms with Crippen LogP contribution in [0.25, 0.3) is 0 Å². The number of hydrogen-bond donors (Lipinski definition) is 7. The molecular formula is C15H21FN2O11. The van der Waals surface area contributed by atoms with E-state index in [2.05, 4.69) is 0 Å². The molecule has 2 aliphatic rings. The number of hydrogen-bond acceptors (Lipinski definition) is 11. The van der Waals surface area contributed by atoms with Crippen LogP contribution >= 0.6 is 0 Å². The average Bonchev–Trinajstić information content (AvgIpc) is 2.97. The normalized spacial score (nSPS) is 41.4. The minimum absolute atomic E-state index is 0.717. The first-order valence-electron chi connectivity index (χ1n) is 8.58. The van der Waals surface area contributed by atoms with Gasteiger partial charge in [-0.25, -0.2) is 9.18 Å². The standard InChI is InChI=1S/C15H21FN2O11/c16-12(29-14-10(25)7(22)6(21)4(3-19)27-14)11-8(23)9(24)13(28-11)18-2-1-5(20)17-15(18)26/h1-2,4,6-14,19,21-25H,3H2,(H,17,20,26)/t4-,6+,7+,8+,9-,10-,11+,12?,13-,14?/m1/s1. The summed E-state index contributed by atoms with van der Waals surface area (Å²) in [5.41, 5.74) is -1.69. The van der Waals surface area contributed by atoms with Crippen LogP contribution in [0.5, 0.6) is 0 Å². The monoisotopic (exact) mass is 424 g/mol. The number of rotatable bonds is 5. The van der Waals surface area contributed by atoms with Crippen molar-refractivity contribution in [2.45, 2.75) is 61.6 Å².